The first kappa shape index (κ1) is 11.8. The van der Waals surface area contributed by atoms with E-state index in [1.165, 1.54) is 32.1 Å². The average Bonchev–Trinajstić information content (AvgIpc) is 2.60. The maximum atomic E-state index is 5.35. The van der Waals surface area contributed by atoms with Gasteiger partial charge >= 0.3 is 0 Å². The third-order valence-corrected chi connectivity index (χ3v) is 3.60. The molecule has 0 spiro atoms. The Hall–Kier alpha value is -0.640. The van der Waals surface area contributed by atoms with E-state index in [0.717, 1.165) is 17.0 Å². The molecule has 0 aromatic carbocycles. The normalized spacial score (nSPS) is 18.2. The molecule has 1 aliphatic carbocycles. The fraction of sp³-hybridized carbons (Fsp3) is 0.833. The van der Waals surface area contributed by atoms with E-state index in [0.29, 0.717) is 12.0 Å². The molecular formula is C12H21N3S. The minimum absolute atomic E-state index is 0.591. The first-order valence-electron chi connectivity index (χ1n) is 6.34. The van der Waals surface area contributed by atoms with Gasteiger partial charge in [-0.3, -0.25) is 5.10 Å². The number of aromatic amines is 1. The summed E-state index contributed by atoms with van der Waals surface area (Å²) in [6.45, 7) is 4.45. The van der Waals surface area contributed by atoms with E-state index in [1.807, 2.05) is 0 Å². The van der Waals surface area contributed by atoms with E-state index in [-0.39, 0.29) is 0 Å². The van der Waals surface area contributed by atoms with Crippen molar-refractivity contribution in [2.24, 2.45) is 5.92 Å². The van der Waals surface area contributed by atoms with Crippen LogP contribution in [0.1, 0.15) is 57.8 Å². The largest absolute Gasteiger partial charge is 0.301 e. The van der Waals surface area contributed by atoms with Crippen LogP contribution in [0, 0.1) is 10.7 Å². The molecule has 0 saturated heterocycles. The van der Waals surface area contributed by atoms with Crippen molar-refractivity contribution >= 4 is 12.2 Å². The Morgan fingerprint density at radius 2 is 2.06 bits per heavy atom. The second-order valence-corrected chi connectivity index (χ2v) is 5.59. The molecule has 1 saturated carbocycles. The lowest BCUT2D eigenvalue weighted by Gasteiger charge is -2.24. The molecule has 1 aromatic heterocycles. The SMILES string of the molecule is CC(C)Cc1n[nH]c(=S)n1C1CCCCC1. The summed E-state index contributed by atoms with van der Waals surface area (Å²) in [5.74, 6) is 1.78. The zero-order valence-electron chi connectivity index (χ0n) is 10.2. The summed E-state index contributed by atoms with van der Waals surface area (Å²) in [6, 6.07) is 0.591. The fourth-order valence-corrected chi connectivity index (χ4v) is 2.86. The van der Waals surface area contributed by atoms with E-state index in [2.05, 4.69) is 28.6 Å². The van der Waals surface area contributed by atoms with Crippen LogP contribution in [0.5, 0.6) is 0 Å². The lowest BCUT2D eigenvalue weighted by molar-refractivity contribution is 0.339. The highest BCUT2D eigenvalue weighted by Crippen LogP contribution is 2.29. The van der Waals surface area contributed by atoms with E-state index in [4.69, 9.17) is 12.2 Å². The monoisotopic (exact) mass is 239 g/mol. The highest BCUT2D eigenvalue weighted by Gasteiger charge is 2.19. The highest BCUT2D eigenvalue weighted by molar-refractivity contribution is 7.71. The van der Waals surface area contributed by atoms with Crippen LogP contribution in [0.4, 0.5) is 0 Å². The first-order chi connectivity index (χ1) is 7.68. The third kappa shape index (κ3) is 2.54. The summed E-state index contributed by atoms with van der Waals surface area (Å²) in [6.07, 6.45) is 7.58. The van der Waals surface area contributed by atoms with Crippen molar-refractivity contribution < 1.29 is 0 Å². The number of hydrogen-bond acceptors (Lipinski definition) is 2. The maximum absolute atomic E-state index is 5.35. The van der Waals surface area contributed by atoms with Gasteiger partial charge in [-0.2, -0.15) is 5.10 Å². The summed E-state index contributed by atoms with van der Waals surface area (Å²) < 4.78 is 3.08. The van der Waals surface area contributed by atoms with Crippen molar-refractivity contribution in [3.05, 3.63) is 10.6 Å². The standard InChI is InChI=1S/C12H21N3S/c1-9(2)8-11-13-14-12(16)15(11)10-6-4-3-5-7-10/h9-10H,3-8H2,1-2H3,(H,14,16). The molecule has 90 valence electrons. The van der Waals surface area contributed by atoms with Crippen molar-refractivity contribution in [1.82, 2.24) is 14.8 Å². The number of nitrogens with zero attached hydrogens (tertiary/aromatic N) is 2. The summed E-state index contributed by atoms with van der Waals surface area (Å²) in [4.78, 5) is 0. The van der Waals surface area contributed by atoms with Gasteiger partial charge in [-0.05, 0) is 31.0 Å². The zero-order chi connectivity index (χ0) is 11.5. The Kier molecular flexibility index (Phi) is 3.79. The number of nitrogens with one attached hydrogen (secondary N) is 1. The Balaban J connectivity index is 2.23. The smallest absolute Gasteiger partial charge is 0.195 e. The second kappa shape index (κ2) is 5.13. The first-order valence-corrected chi connectivity index (χ1v) is 6.75. The van der Waals surface area contributed by atoms with Crippen molar-refractivity contribution in [3.63, 3.8) is 0 Å². The number of rotatable bonds is 3. The van der Waals surface area contributed by atoms with Crippen molar-refractivity contribution in [2.75, 3.05) is 0 Å². The van der Waals surface area contributed by atoms with Crippen LogP contribution >= 0.6 is 12.2 Å². The Labute approximate surface area is 102 Å². The van der Waals surface area contributed by atoms with Crippen LogP contribution < -0.4 is 0 Å². The molecule has 0 amide bonds. The summed E-state index contributed by atoms with van der Waals surface area (Å²) in [5.41, 5.74) is 0. The Morgan fingerprint density at radius 1 is 1.38 bits per heavy atom. The molecule has 4 heteroatoms. The van der Waals surface area contributed by atoms with Gasteiger partial charge in [0.1, 0.15) is 5.82 Å². The number of aromatic nitrogens is 3. The molecule has 0 aliphatic heterocycles. The topological polar surface area (TPSA) is 33.6 Å². The van der Waals surface area contributed by atoms with Crippen molar-refractivity contribution in [2.45, 2.75) is 58.4 Å². The maximum Gasteiger partial charge on any atom is 0.195 e. The molecular weight excluding hydrogens is 218 g/mol. The number of H-pyrrole nitrogens is 1. The van der Waals surface area contributed by atoms with E-state index in [1.54, 1.807) is 0 Å². The molecule has 2 rings (SSSR count). The van der Waals surface area contributed by atoms with Crippen molar-refractivity contribution in [1.29, 1.82) is 0 Å². The molecule has 1 heterocycles. The van der Waals surface area contributed by atoms with Crippen LogP contribution in [-0.4, -0.2) is 14.8 Å². The fourth-order valence-electron chi connectivity index (χ4n) is 2.56. The minimum Gasteiger partial charge on any atom is -0.301 e. The quantitative estimate of drug-likeness (QED) is 0.817. The summed E-state index contributed by atoms with van der Waals surface area (Å²) >= 11 is 5.35. The van der Waals surface area contributed by atoms with Crippen LogP contribution in [-0.2, 0) is 6.42 Å². The molecule has 0 unspecified atom stereocenters. The van der Waals surface area contributed by atoms with E-state index < -0.39 is 0 Å². The van der Waals surface area contributed by atoms with Crippen LogP contribution in [0.15, 0.2) is 0 Å². The minimum atomic E-state index is 0.591. The Morgan fingerprint density at radius 3 is 2.69 bits per heavy atom. The van der Waals surface area contributed by atoms with Gasteiger partial charge in [-0.15, -0.1) is 0 Å². The predicted molar refractivity (Wildman–Crippen MR) is 68.1 cm³/mol. The van der Waals surface area contributed by atoms with Gasteiger partial charge < -0.3 is 4.57 Å². The lowest BCUT2D eigenvalue weighted by atomic mass is 9.95. The zero-order valence-corrected chi connectivity index (χ0v) is 11.0. The molecule has 0 bridgehead atoms. The second-order valence-electron chi connectivity index (χ2n) is 5.20. The van der Waals surface area contributed by atoms with Gasteiger partial charge in [-0.1, -0.05) is 33.1 Å². The van der Waals surface area contributed by atoms with Gasteiger partial charge in [0, 0.05) is 12.5 Å². The molecule has 1 N–H and O–H groups in total. The molecule has 0 atom stereocenters. The van der Waals surface area contributed by atoms with Crippen molar-refractivity contribution in [3.8, 4) is 0 Å². The van der Waals surface area contributed by atoms with Crippen LogP contribution in [0.25, 0.3) is 0 Å². The molecule has 1 aromatic rings. The molecule has 3 nitrogen and oxygen atoms in total. The lowest BCUT2D eigenvalue weighted by Crippen LogP contribution is -2.16. The molecule has 1 aliphatic rings. The highest BCUT2D eigenvalue weighted by atomic mass is 32.1. The summed E-state index contributed by atoms with van der Waals surface area (Å²) in [7, 11) is 0. The van der Waals surface area contributed by atoms with Gasteiger partial charge in [0.2, 0.25) is 0 Å². The van der Waals surface area contributed by atoms with Gasteiger partial charge in [-0.25, -0.2) is 0 Å². The van der Waals surface area contributed by atoms with Crippen LogP contribution in [0.3, 0.4) is 0 Å². The molecule has 0 radical (unpaired) electrons. The summed E-state index contributed by atoms with van der Waals surface area (Å²) in [5, 5.41) is 7.33. The van der Waals surface area contributed by atoms with Crippen LogP contribution in [0.2, 0.25) is 0 Å². The van der Waals surface area contributed by atoms with Gasteiger partial charge in [0.05, 0.1) is 0 Å². The predicted octanol–water partition coefficient (Wildman–Crippen LogP) is 3.64. The number of hydrogen-bond donors (Lipinski definition) is 1. The van der Waals surface area contributed by atoms with E-state index >= 15 is 0 Å². The molecule has 16 heavy (non-hydrogen) atoms. The van der Waals surface area contributed by atoms with Gasteiger partial charge in [0.25, 0.3) is 0 Å². The van der Waals surface area contributed by atoms with E-state index in [9.17, 15) is 0 Å². The third-order valence-electron chi connectivity index (χ3n) is 3.31. The molecule has 1 fully saturated rings. The van der Waals surface area contributed by atoms with Gasteiger partial charge in [0.15, 0.2) is 4.77 Å². The Bertz CT molecular complexity index is 385. The average molecular weight is 239 g/mol.